The number of carbonyl (C=O) groups is 2. The van der Waals surface area contributed by atoms with Gasteiger partial charge in [-0.25, -0.2) is 9.18 Å². The molecule has 0 bridgehead atoms. The molecule has 20 heavy (non-hydrogen) atoms. The fraction of sp³-hybridized carbons (Fsp3) is 0.385. The van der Waals surface area contributed by atoms with Crippen LogP contribution in [-0.4, -0.2) is 35.1 Å². The Labute approximate surface area is 123 Å². The van der Waals surface area contributed by atoms with Crippen LogP contribution < -0.4 is 5.32 Å². The standard InChI is InChI=1S/C13H14BrFN2O3/c1-7-5-17(6-9(7)12(18)19)13(20)16-11-4-8(14)2-3-10(11)15/h2-4,7,9H,5-6H2,1H3,(H,16,20)(H,18,19). The van der Waals surface area contributed by atoms with E-state index in [0.29, 0.717) is 11.0 Å². The Hall–Kier alpha value is -1.63. The summed E-state index contributed by atoms with van der Waals surface area (Å²) in [7, 11) is 0. The van der Waals surface area contributed by atoms with Gasteiger partial charge in [-0.3, -0.25) is 4.79 Å². The Morgan fingerprint density at radius 2 is 2.15 bits per heavy atom. The first-order valence-corrected chi connectivity index (χ1v) is 6.91. The van der Waals surface area contributed by atoms with E-state index in [-0.39, 0.29) is 18.2 Å². The molecule has 1 aliphatic heterocycles. The molecular weight excluding hydrogens is 331 g/mol. The SMILES string of the molecule is CC1CN(C(=O)Nc2cc(Br)ccc2F)CC1C(=O)O. The molecular formula is C13H14BrFN2O3. The number of nitrogens with zero attached hydrogens (tertiary/aromatic N) is 1. The van der Waals surface area contributed by atoms with Crippen LogP contribution in [-0.2, 0) is 4.79 Å². The number of hydrogen-bond acceptors (Lipinski definition) is 2. The zero-order valence-electron chi connectivity index (χ0n) is 10.8. The predicted molar refractivity (Wildman–Crippen MR) is 75.0 cm³/mol. The number of amides is 2. The van der Waals surface area contributed by atoms with Crippen molar-refractivity contribution in [1.82, 2.24) is 4.90 Å². The van der Waals surface area contributed by atoms with E-state index in [1.807, 2.05) is 0 Å². The highest BCUT2D eigenvalue weighted by Gasteiger charge is 2.37. The van der Waals surface area contributed by atoms with E-state index >= 15 is 0 Å². The predicted octanol–water partition coefficient (Wildman–Crippen LogP) is 2.77. The molecule has 1 heterocycles. The third kappa shape index (κ3) is 3.09. The Kier molecular flexibility index (Phi) is 4.27. The lowest BCUT2D eigenvalue weighted by molar-refractivity contribution is -0.142. The molecule has 1 fully saturated rings. The lowest BCUT2D eigenvalue weighted by Crippen LogP contribution is -2.34. The highest BCUT2D eigenvalue weighted by molar-refractivity contribution is 9.10. The van der Waals surface area contributed by atoms with Crippen molar-refractivity contribution < 1.29 is 19.1 Å². The number of benzene rings is 1. The number of urea groups is 1. The van der Waals surface area contributed by atoms with Crippen LogP contribution >= 0.6 is 15.9 Å². The molecule has 0 radical (unpaired) electrons. The molecule has 0 aliphatic carbocycles. The summed E-state index contributed by atoms with van der Waals surface area (Å²) in [6.45, 7) is 2.27. The monoisotopic (exact) mass is 344 g/mol. The molecule has 7 heteroatoms. The van der Waals surface area contributed by atoms with Gasteiger partial charge in [0.2, 0.25) is 0 Å². The molecule has 108 valence electrons. The molecule has 2 N–H and O–H groups in total. The highest BCUT2D eigenvalue weighted by atomic mass is 79.9. The summed E-state index contributed by atoms with van der Waals surface area (Å²) in [5.41, 5.74) is 0.0656. The van der Waals surface area contributed by atoms with Crippen LogP contribution in [0, 0.1) is 17.7 Å². The molecule has 2 rings (SSSR count). The van der Waals surface area contributed by atoms with Crippen LogP contribution in [0.15, 0.2) is 22.7 Å². The number of carboxylic acids is 1. The van der Waals surface area contributed by atoms with Crippen molar-refractivity contribution in [3.05, 3.63) is 28.5 Å². The molecule has 2 unspecified atom stereocenters. The minimum Gasteiger partial charge on any atom is -0.481 e. The first kappa shape index (κ1) is 14.8. The molecule has 1 aromatic rings. The number of carbonyl (C=O) groups excluding carboxylic acids is 1. The first-order chi connectivity index (χ1) is 9.38. The van der Waals surface area contributed by atoms with Crippen LogP contribution in [0.3, 0.4) is 0 Å². The van der Waals surface area contributed by atoms with E-state index in [4.69, 9.17) is 5.11 Å². The van der Waals surface area contributed by atoms with Crippen LogP contribution in [0.2, 0.25) is 0 Å². The van der Waals surface area contributed by atoms with Crippen LogP contribution in [0.25, 0.3) is 0 Å². The maximum Gasteiger partial charge on any atom is 0.321 e. The van der Waals surface area contributed by atoms with E-state index in [0.717, 1.165) is 0 Å². The molecule has 1 saturated heterocycles. The lowest BCUT2D eigenvalue weighted by atomic mass is 9.99. The highest BCUT2D eigenvalue weighted by Crippen LogP contribution is 2.25. The zero-order chi connectivity index (χ0) is 14.9. The van der Waals surface area contributed by atoms with E-state index in [9.17, 15) is 14.0 Å². The molecule has 0 saturated carbocycles. The maximum atomic E-state index is 13.6. The summed E-state index contributed by atoms with van der Waals surface area (Å²) >= 11 is 3.20. The van der Waals surface area contributed by atoms with Crippen molar-refractivity contribution in [3.8, 4) is 0 Å². The van der Waals surface area contributed by atoms with E-state index < -0.39 is 23.7 Å². The second-order valence-electron chi connectivity index (χ2n) is 4.88. The van der Waals surface area contributed by atoms with Gasteiger partial charge < -0.3 is 15.3 Å². The summed E-state index contributed by atoms with van der Waals surface area (Å²) < 4.78 is 14.2. The number of nitrogens with one attached hydrogen (secondary N) is 1. The minimum atomic E-state index is -0.915. The zero-order valence-corrected chi connectivity index (χ0v) is 12.4. The van der Waals surface area contributed by atoms with Gasteiger partial charge in [-0.05, 0) is 24.1 Å². The largest absolute Gasteiger partial charge is 0.481 e. The fourth-order valence-corrected chi connectivity index (χ4v) is 2.60. The maximum absolute atomic E-state index is 13.6. The number of carboxylic acid groups (broad SMARTS) is 1. The van der Waals surface area contributed by atoms with Gasteiger partial charge in [0, 0.05) is 17.6 Å². The van der Waals surface area contributed by atoms with Crippen LogP contribution in [0.4, 0.5) is 14.9 Å². The number of anilines is 1. The summed E-state index contributed by atoms with van der Waals surface area (Å²) in [5.74, 6) is -2.15. The Morgan fingerprint density at radius 3 is 2.75 bits per heavy atom. The Bertz CT molecular complexity index is 552. The molecule has 1 aliphatic rings. The number of likely N-dealkylation sites (tertiary alicyclic amines) is 1. The summed E-state index contributed by atoms with van der Waals surface area (Å²) in [5, 5.41) is 11.5. The van der Waals surface area contributed by atoms with Crippen LogP contribution in [0.1, 0.15) is 6.92 Å². The fourth-order valence-electron chi connectivity index (χ4n) is 2.24. The van der Waals surface area contributed by atoms with Crippen molar-refractivity contribution >= 4 is 33.6 Å². The Balaban J connectivity index is 2.06. The molecule has 0 aromatic heterocycles. The lowest BCUT2D eigenvalue weighted by Gasteiger charge is -2.17. The molecule has 5 nitrogen and oxygen atoms in total. The second kappa shape index (κ2) is 5.78. The van der Waals surface area contributed by atoms with E-state index in [1.165, 1.54) is 23.1 Å². The number of hydrogen-bond donors (Lipinski definition) is 2. The number of halogens is 2. The first-order valence-electron chi connectivity index (χ1n) is 6.12. The summed E-state index contributed by atoms with van der Waals surface area (Å²) in [6.07, 6.45) is 0. The normalized spacial score (nSPS) is 21.9. The number of rotatable bonds is 2. The van der Waals surface area contributed by atoms with Gasteiger partial charge in [0.15, 0.2) is 0 Å². The van der Waals surface area contributed by atoms with Gasteiger partial charge in [0.25, 0.3) is 0 Å². The summed E-state index contributed by atoms with van der Waals surface area (Å²) in [4.78, 5) is 24.4. The van der Waals surface area contributed by atoms with Gasteiger partial charge in [-0.2, -0.15) is 0 Å². The molecule has 0 spiro atoms. The average Bonchev–Trinajstić information content (AvgIpc) is 2.76. The van der Waals surface area contributed by atoms with Gasteiger partial charge in [-0.15, -0.1) is 0 Å². The van der Waals surface area contributed by atoms with E-state index in [2.05, 4.69) is 21.2 Å². The molecule has 1 aromatic carbocycles. The topological polar surface area (TPSA) is 69.6 Å². The minimum absolute atomic E-state index is 0.0656. The van der Waals surface area contributed by atoms with Gasteiger partial charge >= 0.3 is 12.0 Å². The third-order valence-electron chi connectivity index (χ3n) is 3.39. The van der Waals surface area contributed by atoms with Crippen LogP contribution in [0.5, 0.6) is 0 Å². The van der Waals surface area contributed by atoms with Gasteiger partial charge in [0.05, 0.1) is 11.6 Å². The quantitative estimate of drug-likeness (QED) is 0.866. The van der Waals surface area contributed by atoms with E-state index in [1.54, 1.807) is 6.92 Å². The van der Waals surface area contributed by atoms with Gasteiger partial charge in [0.1, 0.15) is 5.82 Å². The van der Waals surface area contributed by atoms with Crippen molar-refractivity contribution in [2.45, 2.75) is 6.92 Å². The molecule has 2 atom stereocenters. The Morgan fingerprint density at radius 1 is 1.45 bits per heavy atom. The van der Waals surface area contributed by atoms with Gasteiger partial charge in [-0.1, -0.05) is 22.9 Å². The number of aliphatic carboxylic acids is 1. The third-order valence-corrected chi connectivity index (χ3v) is 3.88. The smallest absolute Gasteiger partial charge is 0.321 e. The van der Waals surface area contributed by atoms with Crippen molar-refractivity contribution in [2.24, 2.45) is 11.8 Å². The van der Waals surface area contributed by atoms with Crippen molar-refractivity contribution in [1.29, 1.82) is 0 Å². The van der Waals surface area contributed by atoms with Crippen molar-refractivity contribution in [3.63, 3.8) is 0 Å². The molecule has 2 amide bonds. The summed E-state index contributed by atoms with van der Waals surface area (Å²) in [6, 6.07) is 3.74. The second-order valence-corrected chi connectivity index (χ2v) is 5.80. The average molecular weight is 345 g/mol. The van der Waals surface area contributed by atoms with Crippen molar-refractivity contribution in [2.75, 3.05) is 18.4 Å².